The van der Waals surface area contributed by atoms with Crippen molar-refractivity contribution < 1.29 is 19.1 Å². The van der Waals surface area contributed by atoms with Gasteiger partial charge in [-0.2, -0.15) is 0 Å². The highest BCUT2D eigenvalue weighted by Gasteiger charge is 2.52. The van der Waals surface area contributed by atoms with E-state index in [1.165, 1.54) is 18.3 Å². The topological polar surface area (TPSA) is 72.5 Å². The number of rotatable bonds is 8. The van der Waals surface area contributed by atoms with Crippen LogP contribution >= 0.6 is 22.9 Å². The second-order valence-electron chi connectivity index (χ2n) is 6.59. The summed E-state index contributed by atoms with van der Waals surface area (Å²) in [6.07, 6.45) is 2.10. The number of ether oxygens (including phenoxy) is 1. The van der Waals surface area contributed by atoms with Crippen molar-refractivity contribution in [3.8, 4) is 0 Å². The summed E-state index contributed by atoms with van der Waals surface area (Å²) in [6, 6.07) is 10.8. The molecular weight excluding hydrogens is 386 g/mol. The van der Waals surface area contributed by atoms with E-state index in [4.69, 9.17) is 16.3 Å². The standard InChI is InChI=1S/C20H20ClNO4S/c1-13(23)22-11-8-16-6-7-18(27-16)17(24)12-26-19(25)20(9-10-20)14-2-4-15(21)5-3-14/h2-7H,8-12H2,1H3,(H,22,23). The molecule has 0 atom stereocenters. The highest BCUT2D eigenvalue weighted by atomic mass is 35.5. The van der Waals surface area contributed by atoms with E-state index in [2.05, 4.69) is 5.32 Å². The number of benzene rings is 1. The lowest BCUT2D eigenvalue weighted by Gasteiger charge is -2.14. The number of halogens is 1. The molecule has 3 rings (SSSR count). The minimum absolute atomic E-state index is 0.0792. The first-order valence-electron chi connectivity index (χ1n) is 8.70. The molecular formula is C20H20ClNO4S. The Kier molecular flexibility index (Phi) is 5.97. The fourth-order valence-corrected chi connectivity index (χ4v) is 3.93. The Morgan fingerprint density at radius 1 is 1.15 bits per heavy atom. The molecule has 1 aliphatic rings. The minimum atomic E-state index is -0.635. The summed E-state index contributed by atoms with van der Waals surface area (Å²) in [5, 5.41) is 3.34. The molecule has 5 nitrogen and oxygen atoms in total. The Morgan fingerprint density at radius 3 is 2.48 bits per heavy atom. The number of amides is 1. The number of carbonyl (C=O) groups excluding carboxylic acids is 3. The van der Waals surface area contributed by atoms with Gasteiger partial charge in [0, 0.05) is 23.4 Å². The number of Topliss-reactive ketones (excluding diaryl/α,β-unsaturated/α-hetero) is 1. The van der Waals surface area contributed by atoms with Gasteiger partial charge in [0.05, 0.1) is 10.3 Å². The molecule has 1 saturated carbocycles. The van der Waals surface area contributed by atoms with Gasteiger partial charge in [-0.15, -0.1) is 11.3 Å². The van der Waals surface area contributed by atoms with Gasteiger partial charge in [-0.25, -0.2) is 0 Å². The van der Waals surface area contributed by atoms with Crippen LogP contribution in [0.4, 0.5) is 0 Å². The first-order chi connectivity index (χ1) is 12.9. The SMILES string of the molecule is CC(=O)NCCc1ccc(C(=O)COC(=O)C2(c3ccc(Cl)cc3)CC2)s1. The van der Waals surface area contributed by atoms with E-state index in [-0.39, 0.29) is 24.3 Å². The Morgan fingerprint density at radius 2 is 1.85 bits per heavy atom. The summed E-state index contributed by atoms with van der Waals surface area (Å²) in [5.74, 6) is -0.656. The number of ketones is 1. The third-order valence-corrected chi connectivity index (χ3v) is 5.99. The first kappa shape index (κ1) is 19.6. The van der Waals surface area contributed by atoms with Gasteiger partial charge in [0.25, 0.3) is 0 Å². The summed E-state index contributed by atoms with van der Waals surface area (Å²) < 4.78 is 5.32. The van der Waals surface area contributed by atoms with E-state index >= 15 is 0 Å². The number of hydrogen-bond acceptors (Lipinski definition) is 5. The smallest absolute Gasteiger partial charge is 0.317 e. The minimum Gasteiger partial charge on any atom is -0.457 e. The number of nitrogens with one attached hydrogen (secondary N) is 1. The summed E-state index contributed by atoms with van der Waals surface area (Å²) in [7, 11) is 0. The van der Waals surface area contributed by atoms with Gasteiger partial charge < -0.3 is 10.1 Å². The van der Waals surface area contributed by atoms with Crippen molar-refractivity contribution in [2.75, 3.05) is 13.2 Å². The van der Waals surface area contributed by atoms with E-state index in [0.29, 0.717) is 35.7 Å². The van der Waals surface area contributed by atoms with Gasteiger partial charge in [0.15, 0.2) is 6.61 Å². The van der Waals surface area contributed by atoms with Crippen molar-refractivity contribution in [1.29, 1.82) is 0 Å². The molecule has 0 bridgehead atoms. The summed E-state index contributed by atoms with van der Waals surface area (Å²) in [5.41, 5.74) is 0.241. The monoisotopic (exact) mass is 405 g/mol. The van der Waals surface area contributed by atoms with Crippen LogP contribution < -0.4 is 5.32 Å². The molecule has 1 aliphatic carbocycles. The van der Waals surface area contributed by atoms with Crippen LogP contribution in [0.2, 0.25) is 5.02 Å². The fraction of sp³-hybridized carbons (Fsp3) is 0.350. The Labute approximate surface area is 166 Å². The van der Waals surface area contributed by atoms with Crippen molar-refractivity contribution in [3.63, 3.8) is 0 Å². The number of esters is 1. The molecule has 1 amide bonds. The maximum absolute atomic E-state index is 12.5. The molecule has 142 valence electrons. The van der Waals surface area contributed by atoms with Gasteiger partial charge >= 0.3 is 5.97 Å². The molecule has 27 heavy (non-hydrogen) atoms. The van der Waals surface area contributed by atoms with Crippen molar-refractivity contribution in [2.45, 2.75) is 31.6 Å². The average Bonchev–Trinajstić information content (AvgIpc) is 3.32. The van der Waals surface area contributed by atoms with E-state index in [0.717, 1.165) is 10.4 Å². The quantitative estimate of drug-likeness (QED) is 0.538. The van der Waals surface area contributed by atoms with Crippen LogP contribution in [0.5, 0.6) is 0 Å². The molecule has 0 spiro atoms. The highest BCUT2D eigenvalue weighted by molar-refractivity contribution is 7.14. The maximum Gasteiger partial charge on any atom is 0.317 e. The summed E-state index contributed by atoms with van der Waals surface area (Å²) in [6.45, 7) is 1.73. The zero-order valence-electron chi connectivity index (χ0n) is 14.9. The van der Waals surface area contributed by atoms with Crippen molar-refractivity contribution >= 4 is 40.6 Å². The summed E-state index contributed by atoms with van der Waals surface area (Å²) in [4.78, 5) is 37.3. The molecule has 1 fully saturated rings. The molecule has 0 unspecified atom stereocenters. The van der Waals surface area contributed by atoms with Crippen molar-refractivity contribution in [1.82, 2.24) is 5.32 Å². The van der Waals surface area contributed by atoms with Crippen molar-refractivity contribution in [3.05, 3.63) is 56.7 Å². The van der Waals surface area contributed by atoms with Gasteiger partial charge in [0.1, 0.15) is 0 Å². The van der Waals surface area contributed by atoms with Gasteiger partial charge in [0.2, 0.25) is 11.7 Å². The summed E-state index contributed by atoms with van der Waals surface area (Å²) >= 11 is 7.26. The molecule has 0 radical (unpaired) electrons. The van der Waals surface area contributed by atoms with Crippen molar-refractivity contribution in [2.24, 2.45) is 0 Å². The number of thiophene rings is 1. The molecule has 0 saturated heterocycles. The Hall–Kier alpha value is -2.18. The molecule has 7 heteroatoms. The average molecular weight is 406 g/mol. The predicted octanol–water partition coefficient (Wildman–Crippen LogP) is 3.54. The lowest BCUT2D eigenvalue weighted by Crippen LogP contribution is -2.25. The molecule has 2 aromatic rings. The van der Waals surface area contributed by atoms with E-state index in [9.17, 15) is 14.4 Å². The van der Waals surface area contributed by atoms with E-state index in [1.807, 2.05) is 18.2 Å². The second-order valence-corrected chi connectivity index (χ2v) is 8.19. The zero-order chi connectivity index (χ0) is 19.4. The largest absolute Gasteiger partial charge is 0.457 e. The second kappa shape index (κ2) is 8.23. The van der Waals surface area contributed by atoms with Crippen LogP contribution in [0.25, 0.3) is 0 Å². The van der Waals surface area contributed by atoms with Crippen LogP contribution in [0.15, 0.2) is 36.4 Å². The van der Waals surface area contributed by atoms with Gasteiger partial charge in [-0.05, 0) is 49.1 Å². The third-order valence-electron chi connectivity index (χ3n) is 4.55. The van der Waals surface area contributed by atoms with E-state index in [1.54, 1.807) is 18.2 Å². The van der Waals surface area contributed by atoms with Crippen LogP contribution in [-0.4, -0.2) is 30.8 Å². The molecule has 1 aromatic carbocycles. The molecule has 1 heterocycles. The van der Waals surface area contributed by atoms with Gasteiger partial charge in [-0.1, -0.05) is 23.7 Å². The normalized spacial score (nSPS) is 14.4. The molecule has 1 N–H and O–H groups in total. The van der Waals surface area contributed by atoms with Crippen LogP contribution in [0.3, 0.4) is 0 Å². The maximum atomic E-state index is 12.5. The third kappa shape index (κ3) is 4.76. The van der Waals surface area contributed by atoms with Crippen LogP contribution in [-0.2, 0) is 26.2 Å². The lowest BCUT2D eigenvalue weighted by molar-refractivity contribution is -0.145. The Balaban J connectivity index is 1.53. The Bertz CT molecular complexity index is 855. The molecule has 1 aromatic heterocycles. The van der Waals surface area contributed by atoms with Gasteiger partial charge in [-0.3, -0.25) is 14.4 Å². The van der Waals surface area contributed by atoms with Crippen LogP contribution in [0.1, 0.15) is 39.9 Å². The molecule has 0 aliphatic heterocycles. The highest BCUT2D eigenvalue weighted by Crippen LogP contribution is 2.49. The fourth-order valence-electron chi connectivity index (χ4n) is 2.87. The van der Waals surface area contributed by atoms with Crippen LogP contribution in [0, 0.1) is 0 Å². The predicted molar refractivity (Wildman–Crippen MR) is 104 cm³/mol. The number of carbonyl (C=O) groups is 3. The zero-order valence-corrected chi connectivity index (χ0v) is 16.5. The number of hydrogen-bond donors (Lipinski definition) is 1. The van der Waals surface area contributed by atoms with E-state index < -0.39 is 5.41 Å². The lowest BCUT2D eigenvalue weighted by atomic mass is 9.96. The first-order valence-corrected chi connectivity index (χ1v) is 9.90.